The predicted molar refractivity (Wildman–Crippen MR) is 263 cm³/mol. The van der Waals surface area contributed by atoms with Crippen molar-refractivity contribution >= 4 is 62.1 Å². The standard InChI is InChI=1S/C58H37N4O2P/c63-65(43-19-5-2-6-20-43)56-26-12-9-23-48(56)58(49-34-45-44-21-7-11-25-54(44)64-55(45)35-57(49)65)46-22-8-10-24-52(46)62(42-17-3-1-4-18-42)53-33-38(27-28-47(53)58)41-31-50(39-15-13-29-59-36-39)61-51(32-41)40-16-14-30-60-37-40/h1-37H. The molecule has 2 atom stereocenters. The monoisotopic (exact) mass is 852 g/mol. The highest BCUT2D eigenvalue weighted by atomic mass is 31.2. The molecular formula is C58H37N4O2P. The Balaban J connectivity index is 1.16. The van der Waals surface area contributed by atoms with Gasteiger partial charge in [-0.2, -0.15) is 0 Å². The third-order valence-corrected chi connectivity index (χ3v) is 16.4. The van der Waals surface area contributed by atoms with E-state index in [-0.39, 0.29) is 0 Å². The number of hydrogen-bond acceptors (Lipinski definition) is 6. The fourth-order valence-corrected chi connectivity index (χ4v) is 13.7. The fourth-order valence-electron chi connectivity index (χ4n) is 10.5. The van der Waals surface area contributed by atoms with Crippen LogP contribution >= 0.6 is 7.14 Å². The van der Waals surface area contributed by atoms with E-state index in [1.54, 1.807) is 12.4 Å². The molecule has 65 heavy (non-hydrogen) atoms. The van der Waals surface area contributed by atoms with Crippen molar-refractivity contribution < 1.29 is 8.98 Å². The third-order valence-electron chi connectivity index (χ3n) is 13.3. The lowest BCUT2D eigenvalue weighted by Gasteiger charge is -2.50. The number of hydrogen-bond donors (Lipinski definition) is 0. The largest absolute Gasteiger partial charge is 0.456 e. The minimum atomic E-state index is -3.50. The van der Waals surface area contributed by atoms with Crippen LogP contribution in [0.2, 0.25) is 0 Å². The fraction of sp³-hybridized carbons (Fsp3) is 0.0172. The van der Waals surface area contributed by atoms with Crippen LogP contribution in [-0.4, -0.2) is 15.0 Å². The van der Waals surface area contributed by atoms with E-state index in [0.717, 1.165) is 105 Å². The molecular weight excluding hydrogens is 816 g/mol. The first-order valence-electron chi connectivity index (χ1n) is 21.8. The molecule has 7 aromatic carbocycles. The molecule has 0 saturated heterocycles. The summed E-state index contributed by atoms with van der Waals surface area (Å²) in [5.41, 5.74) is 13.4. The Morgan fingerprint density at radius 1 is 0.446 bits per heavy atom. The van der Waals surface area contributed by atoms with Crippen LogP contribution in [-0.2, 0) is 9.98 Å². The Morgan fingerprint density at radius 3 is 1.83 bits per heavy atom. The average Bonchev–Trinajstić information content (AvgIpc) is 3.75. The number of pyridine rings is 3. The molecule has 7 heteroatoms. The van der Waals surface area contributed by atoms with Crippen molar-refractivity contribution in [3.8, 4) is 33.6 Å². The van der Waals surface area contributed by atoms with Gasteiger partial charge in [0, 0.05) is 68.3 Å². The van der Waals surface area contributed by atoms with Crippen LogP contribution in [0.15, 0.2) is 229 Å². The van der Waals surface area contributed by atoms with Gasteiger partial charge in [-0.3, -0.25) is 9.97 Å². The first-order chi connectivity index (χ1) is 32.1. The predicted octanol–water partition coefficient (Wildman–Crippen LogP) is 12.9. The Hall–Kier alpha value is -8.18. The Bertz CT molecular complexity index is 3650. The Kier molecular flexibility index (Phi) is 8.30. The van der Waals surface area contributed by atoms with Gasteiger partial charge in [0.2, 0.25) is 0 Å². The molecule has 13 rings (SSSR count). The van der Waals surface area contributed by atoms with Crippen LogP contribution in [0.5, 0.6) is 0 Å². The van der Waals surface area contributed by atoms with Crippen molar-refractivity contribution in [2.45, 2.75) is 5.41 Å². The van der Waals surface area contributed by atoms with Crippen LogP contribution in [0.25, 0.3) is 55.6 Å². The quantitative estimate of drug-likeness (QED) is 0.161. The second-order valence-electron chi connectivity index (χ2n) is 16.7. The molecule has 0 radical (unpaired) electrons. The summed E-state index contributed by atoms with van der Waals surface area (Å²) in [6, 6.07) is 69.5. The van der Waals surface area contributed by atoms with Crippen molar-refractivity contribution in [1.82, 2.24) is 15.0 Å². The van der Waals surface area contributed by atoms with Crippen LogP contribution in [0.3, 0.4) is 0 Å². The smallest absolute Gasteiger partial charge is 0.171 e. The lowest BCUT2D eigenvalue weighted by atomic mass is 9.61. The lowest BCUT2D eigenvalue weighted by molar-refractivity contribution is 0.590. The zero-order chi connectivity index (χ0) is 43.1. The molecule has 1 spiro atoms. The molecule has 6 heterocycles. The molecule has 0 aliphatic carbocycles. The summed E-state index contributed by atoms with van der Waals surface area (Å²) < 4.78 is 23.4. The van der Waals surface area contributed by atoms with Gasteiger partial charge in [-0.25, -0.2) is 4.98 Å². The Labute approximate surface area is 375 Å². The number of anilines is 3. The topological polar surface area (TPSA) is 72.1 Å². The molecule has 0 amide bonds. The molecule has 2 aliphatic heterocycles. The second-order valence-corrected chi connectivity index (χ2v) is 19.4. The highest BCUT2D eigenvalue weighted by Gasteiger charge is 2.55. The van der Waals surface area contributed by atoms with Crippen molar-refractivity contribution in [2.75, 3.05) is 4.90 Å². The summed E-state index contributed by atoms with van der Waals surface area (Å²) in [6.45, 7) is 0. The van der Waals surface area contributed by atoms with Gasteiger partial charge in [-0.15, -0.1) is 0 Å². The number of nitrogens with zero attached hydrogens (tertiary/aromatic N) is 4. The number of rotatable bonds is 5. The van der Waals surface area contributed by atoms with E-state index in [9.17, 15) is 0 Å². The van der Waals surface area contributed by atoms with E-state index >= 15 is 4.57 Å². The summed E-state index contributed by atoms with van der Waals surface area (Å²) in [6.07, 6.45) is 7.28. The van der Waals surface area contributed by atoms with Crippen molar-refractivity contribution in [3.63, 3.8) is 0 Å². The van der Waals surface area contributed by atoms with Crippen LogP contribution < -0.4 is 20.8 Å². The summed E-state index contributed by atoms with van der Waals surface area (Å²) >= 11 is 0. The lowest BCUT2D eigenvalue weighted by Crippen LogP contribution is -2.49. The van der Waals surface area contributed by atoms with Gasteiger partial charge < -0.3 is 13.9 Å². The van der Waals surface area contributed by atoms with Crippen molar-refractivity contribution in [2.24, 2.45) is 0 Å². The number of fused-ring (bicyclic) bond motifs is 11. The van der Waals surface area contributed by atoms with E-state index in [2.05, 4.69) is 142 Å². The molecule has 0 N–H and O–H groups in total. The summed E-state index contributed by atoms with van der Waals surface area (Å²) in [5, 5.41) is 4.40. The maximum absolute atomic E-state index is 16.7. The molecule has 0 bridgehead atoms. The first-order valence-corrected chi connectivity index (χ1v) is 23.5. The molecule has 11 aromatic rings. The van der Waals surface area contributed by atoms with Gasteiger partial charge in [0.1, 0.15) is 11.2 Å². The maximum atomic E-state index is 16.7. The zero-order valence-corrected chi connectivity index (χ0v) is 35.8. The second kappa shape index (κ2) is 14.4. The Morgan fingerprint density at radius 2 is 1.09 bits per heavy atom. The first kappa shape index (κ1) is 37.4. The molecule has 4 aromatic heterocycles. The van der Waals surface area contributed by atoms with Crippen molar-refractivity contribution in [3.05, 3.63) is 247 Å². The van der Waals surface area contributed by atoms with Crippen LogP contribution in [0, 0.1) is 0 Å². The van der Waals surface area contributed by atoms with Gasteiger partial charge in [0.05, 0.1) is 28.2 Å². The summed E-state index contributed by atoms with van der Waals surface area (Å²) in [7, 11) is -3.50. The SMILES string of the molecule is O=P1(c2ccccc2)c2ccccc2C2(c3ccccc3N(c3ccccc3)c3cc(-c4cc(-c5cccnc5)nc(-c5cccnc5)c4)ccc32)c2cc3c(cc21)oc1ccccc13. The summed E-state index contributed by atoms with van der Waals surface area (Å²) in [4.78, 5) is 16.4. The third kappa shape index (κ3) is 5.48. The van der Waals surface area contributed by atoms with Gasteiger partial charge in [0.25, 0.3) is 0 Å². The molecule has 0 fully saturated rings. The minimum absolute atomic E-state index is 0.716. The van der Waals surface area contributed by atoms with Crippen LogP contribution in [0.1, 0.15) is 22.3 Å². The summed E-state index contributed by atoms with van der Waals surface area (Å²) in [5.74, 6) is 0. The number of aromatic nitrogens is 3. The van der Waals surface area contributed by atoms with Gasteiger partial charge >= 0.3 is 0 Å². The minimum Gasteiger partial charge on any atom is -0.456 e. The van der Waals surface area contributed by atoms with Gasteiger partial charge in [-0.1, -0.05) is 121 Å². The van der Waals surface area contributed by atoms with E-state index in [4.69, 9.17) is 9.40 Å². The maximum Gasteiger partial charge on any atom is 0.171 e. The van der Waals surface area contributed by atoms with Gasteiger partial charge in [-0.05, 0) is 112 Å². The molecule has 2 aliphatic rings. The van der Waals surface area contributed by atoms with E-state index in [1.165, 1.54) is 0 Å². The number of para-hydroxylation sites is 3. The normalized spacial score (nSPS) is 17.1. The van der Waals surface area contributed by atoms with E-state index in [0.29, 0.717) is 5.58 Å². The average molecular weight is 853 g/mol. The van der Waals surface area contributed by atoms with Crippen LogP contribution in [0.4, 0.5) is 17.1 Å². The van der Waals surface area contributed by atoms with Crippen molar-refractivity contribution in [1.29, 1.82) is 0 Å². The molecule has 2 unspecified atom stereocenters. The van der Waals surface area contributed by atoms with E-state index in [1.807, 2.05) is 85.2 Å². The molecule has 0 saturated carbocycles. The molecule has 6 nitrogen and oxygen atoms in total. The van der Waals surface area contributed by atoms with E-state index < -0.39 is 12.6 Å². The number of benzene rings is 7. The van der Waals surface area contributed by atoms with Gasteiger partial charge in [0.15, 0.2) is 7.14 Å². The highest BCUT2D eigenvalue weighted by molar-refractivity contribution is 7.85. The highest BCUT2D eigenvalue weighted by Crippen LogP contribution is 2.63. The zero-order valence-electron chi connectivity index (χ0n) is 34.9. The molecule has 306 valence electrons. The number of furan rings is 1.